The molecule has 0 atom stereocenters. The van der Waals surface area contributed by atoms with Gasteiger partial charge in [0, 0.05) is 13.6 Å². The maximum absolute atomic E-state index is 12.5. The fourth-order valence-corrected chi connectivity index (χ4v) is 3.34. The third-order valence-electron chi connectivity index (χ3n) is 4.14. The largest absolute Gasteiger partial charge is 0.508 e. The molecule has 0 aliphatic rings. The van der Waals surface area contributed by atoms with Gasteiger partial charge < -0.3 is 10.0 Å². The Balaban J connectivity index is 1.59. The van der Waals surface area contributed by atoms with Crippen LogP contribution >= 0.6 is 11.8 Å². The Labute approximate surface area is 162 Å². The minimum atomic E-state index is -0.000163. The summed E-state index contributed by atoms with van der Waals surface area (Å²) in [6.07, 6.45) is 1.00. The van der Waals surface area contributed by atoms with Crippen molar-refractivity contribution >= 4 is 17.7 Å². The van der Waals surface area contributed by atoms with Gasteiger partial charge in [0.1, 0.15) is 5.75 Å². The summed E-state index contributed by atoms with van der Waals surface area (Å²) in [5, 5.41) is 21.5. The molecule has 0 saturated heterocycles. The van der Waals surface area contributed by atoms with Crippen LogP contribution in [0.15, 0.2) is 53.7 Å². The van der Waals surface area contributed by atoms with Crippen molar-refractivity contribution in [1.29, 1.82) is 0 Å². The SMILES string of the molecule is CCc1ccc(CN(C)C(=O)CSc2nnnn2-c2ccc(O)cc2)cc1. The van der Waals surface area contributed by atoms with E-state index >= 15 is 0 Å². The molecule has 0 aliphatic carbocycles. The van der Waals surface area contributed by atoms with E-state index in [9.17, 15) is 9.90 Å². The van der Waals surface area contributed by atoms with Crippen LogP contribution in [0.25, 0.3) is 5.69 Å². The standard InChI is InChI=1S/C19H21N5O2S/c1-3-14-4-6-15(7-5-14)12-23(2)18(26)13-27-19-20-21-22-24(19)16-8-10-17(25)11-9-16/h4-11,25H,3,12-13H2,1-2H3. The fourth-order valence-electron chi connectivity index (χ4n) is 2.50. The molecule has 0 unspecified atom stereocenters. The Bertz CT molecular complexity index is 893. The zero-order valence-corrected chi connectivity index (χ0v) is 16.1. The summed E-state index contributed by atoms with van der Waals surface area (Å²) in [5.41, 5.74) is 3.10. The molecule has 2 aromatic carbocycles. The van der Waals surface area contributed by atoms with Gasteiger partial charge in [-0.25, -0.2) is 0 Å². The number of amides is 1. The first-order valence-electron chi connectivity index (χ1n) is 8.59. The van der Waals surface area contributed by atoms with Crippen LogP contribution in [0.4, 0.5) is 0 Å². The highest BCUT2D eigenvalue weighted by atomic mass is 32.2. The minimum Gasteiger partial charge on any atom is -0.508 e. The van der Waals surface area contributed by atoms with E-state index in [1.807, 2.05) is 0 Å². The molecule has 1 amide bonds. The van der Waals surface area contributed by atoms with Gasteiger partial charge in [-0.05, 0) is 52.2 Å². The van der Waals surface area contributed by atoms with Crippen LogP contribution in [0.5, 0.6) is 5.75 Å². The second-order valence-corrected chi connectivity index (χ2v) is 7.04. The van der Waals surface area contributed by atoms with E-state index in [4.69, 9.17) is 0 Å². The second kappa shape index (κ2) is 8.68. The van der Waals surface area contributed by atoms with Gasteiger partial charge in [0.25, 0.3) is 0 Å². The average Bonchev–Trinajstić information content (AvgIpc) is 3.15. The number of aromatic hydroxyl groups is 1. The quantitative estimate of drug-likeness (QED) is 0.632. The molecule has 7 nitrogen and oxygen atoms in total. The Morgan fingerprint density at radius 3 is 2.44 bits per heavy atom. The first-order valence-corrected chi connectivity index (χ1v) is 9.57. The molecule has 0 saturated carbocycles. The van der Waals surface area contributed by atoms with Crippen LogP contribution in [-0.2, 0) is 17.8 Å². The lowest BCUT2D eigenvalue weighted by Gasteiger charge is -2.17. The number of nitrogens with zero attached hydrogens (tertiary/aromatic N) is 5. The molecule has 0 bridgehead atoms. The maximum Gasteiger partial charge on any atom is 0.233 e. The molecule has 27 heavy (non-hydrogen) atoms. The van der Waals surface area contributed by atoms with Crippen molar-refractivity contribution in [1.82, 2.24) is 25.1 Å². The Kier molecular flexibility index (Phi) is 6.08. The molecule has 0 radical (unpaired) electrons. The molecule has 140 valence electrons. The van der Waals surface area contributed by atoms with Crippen molar-refractivity contribution < 1.29 is 9.90 Å². The van der Waals surface area contributed by atoms with Crippen molar-refractivity contribution in [2.75, 3.05) is 12.8 Å². The van der Waals surface area contributed by atoms with E-state index in [1.54, 1.807) is 40.9 Å². The number of benzene rings is 2. The highest BCUT2D eigenvalue weighted by Gasteiger charge is 2.14. The van der Waals surface area contributed by atoms with E-state index in [1.165, 1.54) is 17.3 Å². The van der Waals surface area contributed by atoms with E-state index in [-0.39, 0.29) is 17.4 Å². The van der Waals surface area contributed by atoms with Crippen LogP contribution in [-0.4, -0.2) is 48.9 Å². The van der Waals surface area contributed by atoms with Gasteiger partial charge in [-0.1, -0.05) is 43.0 Å². The van der Waals surface area contributed by atoms with Crippen molar-refractivity contribution in [3.8, 4) is 11.4 Å². The van der Waals surface area contributed by atoms with Crippen molar-refractivity contribution in [2.24, 2.45) is 0 Å². The first-order chi connectivity index (χ1) is 13.1. The molecule has 0 spiro atoms. The summed E-state index contributed by atoms with van der Waals surface area (Å²) in [6.45, 7) is 2.68. The van der Waals surface area contributed by atoms with E-state index in [2.05, 4.69) is 46.7 Å². The van der Waals surface area contributed by atoms with Crippen LogP contribution in [0.2, 0.25) is 0 Å². The normalized spacial score (nSPS) is 10.7. The topological polar surface area (TPSA) is 84.1 Å². The van der Waals surface area contributed by atoms with Gasteiger partial charge in [0.2, 0.25) is 11.1 Å². The number of aryl methyl sites for hydroxylation is 1. The molecular weight excluding hydrogens is 362 g/mol. The first kappa shape index (κ1) is 18.9. The molecule has 3 rings (SSSR count). The monoisotopic (exact) mass is 383 g/mol. The third-order valence-corrected chi connectivity index (χ3v) is 5.04. The Morgan fingerprint density at radius 1 is 1.11 bits per heavy atom. The number of hydrogen-bond acceptors (Lipinski definition) is 6. The third kappa shape index (κ3) is 4.85. The van der Waals surface area contributed by atoms with Gasteiger partial charge in [-0.3, -0.25) is 4.79 Å². The lowest BCUT2D eigenvalue weighted by atomic mass is 10.1. The summed E-state index contributed by atoms with van der Waals surface area (Å²) in [4.78, 5) is 14.1. The second-order valence-electron chi connectivity index (χ2n) is 6.10. The lowest BCUT2D eigenvalue weighted by Crippen LogP contribution is -2.27. The highest BCUT2D eigenvalue weighted by Crippen LogP contribution is 2.20. The number of aromatic nitrogens is 4. The zero-order chi connectivity index (χ0) is 19.2. The molecule has 1 N–H and O–H groups in total. The minimum absolute atomic E-state index is 0.000163. The predicted octanol–water partition coefficient (Wildman–Crippen LogP) is 2.68. The van der Waals surface area contributed by atoms with Gasteiger partial charge in [0.15, 0.2) is 0 Å². The summed E-state index contributed by atoms with van der Waals surface area (Å²) < 4.78 is 1.54. The van der Waals surface area contributed by atoms with E-state index in [0.29, 0.717) is 11.7 Å². The van der Waals surface area contributed by atoms with Gasteiger partial charge >= 0.3 is 0 Å². The number of carbonyl (C=O) groups excluding carboxylic acids is 1. The number of thioether (sulfide) groups is 1. The molecular formula is C19H21N5O2S. The molecule has 0 aliphatic heterocycles. The van der Waals surface area contributed by atoms with Crippen LogP contribution in [0.1, 0.15) is 18.1 Å². The smallest absolute Gasteiger partial charge is 0.233 e. The maximum atomic E-state index is 12.5. The van der Waals surface area contributed by atoms with Crippen LogP contribution in [0, 0.1) is 0 Å². The Hall–Kier alpha value is -2.87. The molecule has 1 heterocycles. The molecule has 3 aromatic rings. The lowest BCUT2D eigenvalue weighted by molar-refractivity contribution is -0.127. The number of tetrazole rings is 1. The number of carbonyl (C=O) groups is 1. The summed E-state index contributed by atoms with van der Waals surface area (Å²) in [6, 6.07) is 14.8. The van der Waals surface area contributed by atoms with Crippen molar-refractivity contribution in [2.45, 2.75) is 25.0 Å². The number of phenolic OH excluding ortho intramolecular Hbond substituents is 1. The highest BCUT2D eigenvalue weighted by molar-refractivity contribution is 7.99. The van der Waals surface area contributed by atoms with Crippen molar-refractivity contribution in [3.05, 3.63) is 59.7 Å². The van der Waals surface area contributed by atoms with Gasteiger partial charge in [-0.15, -0.1) is 5.10 Å². The number of hydrogen-bond donors (Lipinski definition) is 1. The molecule has 0 fully saturated rings. The van der Waals surface area contributed by atoms with E-state index < -0.39 is 0 Å². The van der Waals surface area contributed by atoms with Crippen LogP contribution in [0.3, 0.4) is 0 Å². The van der Waals surface area contributed by atoms with E-state index in [0.717, 1.165) is 17.7 Å². The average molecular weight is 383 g/mol. The summed E-state index contributed by atoms with van der Waals surface area (Å²) in [5.74, 6) is 0.409. The summed E-state index contributed by atoms with van der Waals surface area (Å²) >= 11 is 1.28. The van der Waals surface area contributed by atoms with Crippen molar-refractivity contribution in [3.63, 3.8) is 0 Å². The predicted molar refractivity (Wildman–Crippen MR) is 104 cm³/mol. The van der Waals surface area contributed by atoms with Gasteiger partial charge in [0.05, 0.1) is 11.4 Å². The Morgan fingerprint density at radius 2 is 1.78 bits per heavy atom. The summed E-state index contributed by atoms with van der Waals surface area (Å²) in [7, 11) is 1.79. The number of phenols is 1. The fraction of sp³-hybridized carbons (Fsp3) is 0.263. The number of rotatable bonds is 7. The van der Waals surface area contributed by atoms with Crippen LogP contribution < -0.4 is 0 Å². The zero-order valence-electron chi connectivity index (χ0n) is 15.2. The van der Waals surface area contributed by atoms with Gasteiger partial charge in [-0.2, -0.15) is 4.68 Å². The molecule has 1 aromatic heterocycles. The molecule has 8 heteroatoms.